The standard InChI is InChI=1S/C23H14BrCl2NO2S2/c24-18-10-14(6-9-20(18)29-13-15-7-8-16(25)12-19(15)26)11-21-22(28)27(23(30)31-21)17-4-2-1-3-5-17/h1-12H,13H2/b21-11+. The van der Waals surface area contributed by atoms with Crippen LogP contribution in [0.2, 0.25) is 10.0 Å². The van der Waals surface area contributed by atoms with E-state index in [0.717, 1.165) is 21.3 Å². The number of para-hydroxylation sites is 1. The molecule has 0 aromatic heterocycles. The van der Waals surface area contributed by atoms with Crippen LogP contribution >= 0.6 is 63.1 Å². The minimum Gasteiger partial charge on any atom is -0.488 e. The molecule has 0 bridgehead atoms. The molecule has 1 amide bonds. The Morgan fingerprint density at radius 2 is 1.84 bits per heavy atom. The van der Waals surface area contributed by atoms with Crippen LogP contribution in [0, 0.1) is 0 Å². The van der Waals surface area contributed by atoms with Crippen molar-refractivity contribution in [2.24, 2.45) is 0 Å². The zero-order valence-electron chi connectivity index (χ0n) is 15.8. The van der Waals surface area contributed by atoms with E-state index in [4.69, 9.17) is 40.2 Å². The van der Waals surface area contributed by atoms with E-state index in [1.54, 1.807) is 17.0 Å². The van der Waals surface area contributed by atoms with Crippen molar-refractivity contribution in [3.63, 3.8) is 0 Å². The van der Waals surface area contributed by atoms with Gasteiger partial charge in [0, 0.05) is 15.6 Å². The molecule has 31 heavy (non-hydrogen) atoms. The summed E-state index contributed by atoms with van der Waals surface area (Å²) in [6.07, 6.45) is 1.83. The lowest BCUT2D eigenvalue weighted by atomic mass is 10.2. The molecule has 1 aliphatic rings. The highest BCUT2D eigenvalue weighted by molar-refractivity contribution is 9.10. The van der Waals surface area contributed by atoms with Crippen LogP contribution in [0.4, 0.5) is 5.69 Å². The van der Waals surface area contributed by atoms with Gasteiger partial charge in [-0.05, 0) is 64.0 Å². The zero-order valence-corrected chi connectivity index (χ0v) is 20.6. The quantitative estimate of drug-likeness (QED) is 0.240. The summed E-state index contributed by atoms with van der Waals surface area (Å²) in [5.41, 5.74) is 2.46. The number of halogens is 3. The highest BCUT2D eigenvalue weighted by atomic mass is 79.9. The van der Waals surface area contributed by atoms with Gasteiger partial charge in [-0.2, -0.15) is 0 Å². The van der Waals surface area contributed by atoms with Crippen LogP contribution in [0.25, 0.3) is 6.08 Å². The van der Waals surface area contributed by atoms with Crippen molar-refractivity contribution in [2.75, 3.05) is 4.90 Å². The molecule has 3 nitrogen and oxygen atoms in total. The van der Waals surface area contributed by atoms with Gasteiger partial charge >= 0.3 is 0 Å². The summed E-state index contributed by atoms with van der Waals surface area (Å²) in [5.74, 6) is 0.537. The normalized spacial score (nSPS) is 15.1. The van der Waals surface area contributed by atoms with Gasteiger partial charge in [0.15, 0.2) is 4.32 Å². The summed E-state index contributed by atoms with van der Waals surface area (Å²) >= 11 is 22.4. The fourth-order valence-corrected chi connectivity index (χ4v) is 5.21. The third-order valence-corrected chi connectivity index (χ3v) is 6.97. The largest absolute Gasteiger partial charge is 0.488 e. The zero-order chi connectivity index (χ0) is 22.0. The molecule has 1 aliphatic heterocycles. The van der Waals surface area contributed by atoms with E-state index < -0.39 is 0 Å². The first kappa shape index (κ1) is 22.4. The van der Waals surface area contributed by atoms with Gasteiger partial charge < -0.3 is 4.74 Å². The van der Waals surface area contributed by atoms with Crippen LogP contribution in [0.5, 0.6) is 5.75 Å². The molecule has 1 fully saturated rings. The van der Waals surface area contributed by atoms with E-state index in [1.165, 1.54) is 11.8 Å². The highest BCUT2D eigenvalue weighted by Crippen LogP contribution is 2.37. The summed E-state index contributed by atoms with van der Waals surface area (Å²) in [7, 11) is 0. The van der Waals surface area contributed by atoms with Crippen LogP contribution in [0.15, 0.2) is 76.1 Å². The number of amides is 1. The lowest BCUT2D eigenvalue weighted by Crippen LogP contribution is -2.27. The molecule has 0 N–H and O–H groups in total. The number of thioether (sulfide) groups is 1. The molecule has 4 rings (SSSR count). The molecular formula is C23H14BrCl2NO2S2. The molecule has 0 aliphatic carbocycles. The smallest absolute Gasteiger partial charge is 0.270 e. The van der Waals surface area contributed by atoms with E-state index in [0.29, 0.717) is 31.6 Å². The minimum atomic E-state index is -0.130. The number of carbonyl (C=O) groups is 1. The monoisotopic (exact) mass is 549 g/mol. The molecule has 156 valence electrons. The summed E-state index contributed by atoms with van der Waals surface area (Å²) in [4.78, 5) is 15.0. The molecule has 0 spiro atoms. The van der Waals surface area contributed by atoms with Crippen LogP contribution in [-0.4, -0.2) is 10.2 Å². The molecular weight excluding hydrogens is 537 g/mol. The molecule has 1 heterocycles. The van der Waals surface area contributed by atoms with Crippen LogP contribution in [0.3, 0.4) is 0 Å². The molecule has 3 aromatic carbocycles. The first-order chi connectivity index (χ1) is 14.9. The maximum atomic E-state index is 12.9. The van der Waals surface area contributed by atoms with Crippen LogP contribution < -0.4 is 9.64 Å². The van der Waals surface area contributed by atoms with Gasteiger partial charge in [-0.3, -0.25) is 9.69 Å². The Kier molecular flexibility index (Phi) is 7.04. The van der Waals surface area contributed by atoms with Gasteiger partial charge in [-0.25, -0.2) is 0 Å². The SMILES string of the molecule is O=C1/C(=C\c2ccc(OCc3ccc(Cl)cc3Cl)c(Br)c2)SC(=S)N1c1ccccc1. The third kappa shape index (κ3) is 5.16. The molecule has 0 atom stereocenters. The van der Waals surface area contributed by atoms with Crippen LogP contribution in [0.1, 0.15) is 11.1 Å². The molecule has 0 radical (unpaired) electrons. The Labute approximate surface area is 208 Å². The number of benzene rings is 3. The molecule has 8 heteroatoms. The minimum absolute atomic E-state index is 0.130. The van der Waals surface area contributed by atoms with Gasteiger partial charge in [0.05, 0.1) is 15.1 Å². The number of ether oxygens (including phenoxy) is 1. The Morgan fingerprint density at radius 3 is 2.55 bits per heavy atom. The highest BCUT2D eigenvalue weighted by Gasteiger charge is 2.33. The first-order valence-corrected chi connectivity index (χ1v) is 11.9. The van der Waals surface area contributed by atoms with E-state index in [-0.39, 0.29) is 5.91 Å². The first-order valence-electron chi connectivity index (χ1n) is 9.11. The number of anilines is 1. The van der Waals surface area contributed by atoms with Gasteiger partial charge in [0.1, 0.15) is 12.4 Å². The number of carbonyl (C=O) groups excluding carboxylic acids is 1. The van der Waals surface area contributed by atoms with E-state index in [2.05, 4.69) is 15.9 Å². The average molecular weight is 551 g/mol. The predicted molar refractivity (Wildman–Crippen MR) is 137 cm³/mol. The fourth-order valence-electron chi connectivity index (χ4n) is 2.94. The number of hydrogen-bond acceptors (Lipinski definition) is 4. The molecule has 1 saturated heterocycles. The van der Waals surface area contributed by atoms with Crippen LogP contribution in [-0.2, 0) is 11.4 Å². The fraction of sp³-hybridized carbons (Fsp3) is 0.0435. The second-order valence-electron chi connectivity index (χ2n) is 6.57. The van der Waals surface area contributed by atoms with Crippen molar-refractivity contribution in [1.82, 2.24) is 0 Å². The Bertz CT molecular complexity index is 1200. The van der Waals surface area contributed by atoms with Gasteiger partial charge in [0.25, 0.3) is 5.91 Å². The van der Waals surface area contributed by atoms with Gasteiger partial charge in [-0.1, -0.05) is 77.5 Å². The molecule has 0 saturated carbocycles. The van der Waals surface area contributed by atoms with Crippen molar-refractivity contribution in [1.29, 1.82) is 0 Å². The Balaban J connectivity index is 1.50. The maximum Gasteiger partial charge on any atom is 0.270 e. The summed E-state index contributed by atoms with van der Waals surface area (Å²) < 4.78 is 7.17. The summed E-state index contributed by atoms with van der Waals surface area (Å²) in [5, 5.41) is 1.14. The average Bonchev–Trinajstić information content (AvgIpc) is 3.02. The van der Waals surface area contributed by atoms with E-state index in [9.17, 15) is 4.79 Å². The lowest BCUT2D eigenvalue weighted by Gasteiger charge is -2.13. The van der Waals surface area contributed by atoms with Crippen molar-refractivity contribution in [2.45, 2.75) is 6.61 Å². The van der Waals surface area contributed by atoms with E-state index in [1.807, 2.05) is 60.7 Å². The number of nitrogens with zero attached hydrogens (tertiary/aromatic N) is 1. The van der Waals surface area contributed by atoms with Gasteiger partial charge in [0.2, 0.25) is 0 Å². The second kappa shape index (κ2) is 9.76. The van der Waals surface area contributed by atoms with Gasteiger partial charge in [-0.15, -0.1) is 0 Å². The third-order valence-electron chi connectivity index (χ3n) is 4.46. The second-order valence-corrected chi connectivity index (χ2v) is 9.94. The van der Waals surface area contributed by atoms with Crippen molar-refractivity contribution in [3.8, 4) is 5.75 Å². The lowest BCUT2D eigenvalue weighted by molar-refractivity contribution is -0.113. The van der Waals surface area contributed by atoms with E-state index >= 15 is 0 Å². The maximum absolute atomic E-state index is 12.9. The topological polar surface area (TPSA) is 29.5 Å². The summed E-state index contributed by atoms with van der Waals surface area (Å²) in [6, 6.07) is 20.3. The number of thiocarbonyl (C=S) groups is 1. The summed E-state index contributed by atoms with van der Waals surface area (Å²) in [6.45, 7) is 0.309. The molecule has 0 unspecified atom stereocenters. The number of rotatable bonds is 5. The Morgan fingerprint density at radius 1 is 1.06 bits per heavy atom. The molecule has 3 aromatic rings. The number of hydrogen-bond donors (Lipinski definition) is 0. The predicted octanol–water partition coefficient (Wildman–Crippen LogP) is 7.74. The Hall–Kier alpha value is -1.83. The van der Waals surface area contributed by atoms with Crippen molar-refractivity contribution in [3.05, 3.63) is 97.3 Å². The van der Waals surface area contributed by atoms with Crippen molar-refractivity contribution < 1.29 is 9.53 Å². The van der Waals surface area contributed by atoms with Crippen molar-refractivity contribution >= 4 is 85.1 Å².